The third kappa shape index (κ3) is 3.21. The second-order valence-corrected chi connectivity index (χ2v) is 6.24. The smallest absolute Gasteiger partial charge is 0.336 e. The van der Waals surface area contributed by atoms with E-state index in [9.17, 15) is 4.79 Å². The zero-order valence-electron chi connectivity index (χ0n) is 14.5. The number of aromatic amines is 1. The molecule has 4 rings (SSSR count). The van der Waals surface area contributed by atoms with Crippen LogP contribution in [0.4, 0.5) is 0 Å². The number of fused-ring (bicyclic) bond motifs is 2. The summed E-state index contributed by atoms with van der Waals surface area (Å²) in [7, 11) is 1.59. The highest BCUT2D eigenvalue weighted by atomic mass is 16.5. The molecule has 2 aromatic carbocycles. The van der Waals surface area contributed by atoms with Crippen molar-refractivity contribution in [2.75, 3.05) is 13.7 Å². The molecule has 0 aliphatic rings. The fraction of sp³-hybridized carbons (Fsp3) is 0.190. The minimum absolute atomic E-state index is 0.348. The number of methoxy groups -OCH3 is 1. The summed E-state index contributed by atoms with van der Waals surface area (Å²) in [5.74, 6) is 0.671. The summed E-state index contributed by atoms with van der Waals surface area (Å²) < 4.78 is 10.5. The summed E-state index contributed by atoms with van der Waals surface area (Å²) in [5, 5.41) is 5.60. The first-order valence-corrected chi connectivity index (χ1v) is 8.61. The Labute approximate surface area is 150 Å². The number of rotatable bonds is 6. The number of nitrogens with one attached hydrogen (secondary N) is 2. The normalized spacial score (nSPS) is 11.3. The Kier molecular flexibility index (Phi) is 4.46. The molecule has 132 valence electrons. The predicted octanol–water partition coefficient (Wildman–Crippen LogP) is 3.62. The lowest BCUT2D eigenvalue weighted by atomic mass is 10.1. The quantitative estimate of drug-likeness (QED) is 0.413. The number of aromatic nitrogens is 1. The van der Waals surface area contributed by atoms with Crippen molar-refractivity contribution in [2.24, 2.45) is 0 Å². The Morgan fingerprint density at radius 1 is 1.08 bits per heavy atom. The molecule has 0 saturated carbocycles. The second kappa shape index (κ2) is 7.06. The van der Waals surface area contributed by atoms with Crippen LogP contribution in [-0.2, 0) is 13.0 Å². The number of para-hydroxylation sites is 1. The fourth-order valence-corrected chi connectivity index (χ4v) is 3.27. The van der Waals surface area contributed by atoms with Crippen LogP contribution in [0, 0.1) is 0 Å². The van der Waals surface area contributed by atoms with Gasteiger partial charge < -0.3 is 19.5 Å². The average Bonchev–Trinajstić information content (AvgIpc) is 3.07. The van der Waals surface area contributed by atoms with E-state index >= 15 is 0 Å². The van der Waals surface area contributed by atoms with Crippen LogP contribution < -0.4 is 15.7 Å². The van der Waals surface area contributed by atoms with Crippen molar-refractivity contribution in [3.05, 3.63) is 76.3 Å². The van der Waals surface area contributed by atoms with Crippen molar-refractivity contribution in [2.45, 2.75) is 13.0 Å². The number of hydrogen-bond donors (Lipinski definition) is 2. The van der Waals surface area contributed by atoms with E-state index in [2.05, 4.69) is 34.7 Å². The van der Waals surface area contributed by atoms with Crippen LogP contribution in [0.5, 0.6) is 5.75 Å². The molecule has 5 nitrogen and oxygen atoms in total. The maximum absolute atomic E-state index is 11.8. The van der Waals surface area contributed by atoms with E-state index in [4.69, 9.17) is 9.15 Å². The summed E-state index contributed by atoms with van der Waals surface area (Å²) in [6.45, 7) is 1.43. The lowest BCUT2D eigenvalue weighted by molar-refractivity contribution is 0.414. The van der Waals surface area contributed by atoms with Crippen LogP contribution in [0.1, 0.15) is 11.1 Å². The van der Waals surface area contributed by atoms with Gasteiger partial charge in [-0.05, 0) is 42.3 Å². The third-order valence-electron chi connectivity index (χ3n) is 4.60. The molecule has 0 radical (unpaired) electrons. The Morgan fingerprint density at radius 2 is 1.96 bits per heavy atom. The summed E-state index contributed by atoms with van der Waals surface area (Å²) in [4.78, 5) is 15.1. The highest BCUT2D eigenvalue weighted by Gasteiger charge is 2.07. The maximum Gasteiger partial charge on any atom is 0.336 e. The van der Waals surface area contributed by atoms with E-state index in [1.165, 1.54) is 10.9 Å². The van der Waals surface area contributed by atoms with Gasteiger partial charge in [0.05, 0.1) is 7.11 Å². The van der Waals surface area contributed by atoms with Crippen LogP contribution in [0.25, 0.3) is 21.9 Å². The Hall–Kier alpha value is -3.05. The molecule has 0 bridgehead atoms. The van der Waals surface area contributed by atoms with Crippen molar-refractivity contribution >= 4 is 21.9 Å². The molecule has 0 unspecified atom stereocenters. The topological polar surface area (TPSA) is 67.3 Å². The van der Waals surface area contributed by atoms with Gasteiger partial charge in [-0.3, -0.25) is 0 Å². The standard InChI is InChI=1S/C21H20N2O3/c1-25-16-6-7-18-15(10-21(24)26-20(18)11-16)12-22-9-8-14-13-23-19-5-3-2-4-17(14)19/h2-7,10-11,13,22-23H,8-9,12H2,1H3. The van der Waals surface area contributed by atoms with Crippen LogP contribution in [0.15, 0.2) is 63.9 Å². The van der Waals surface area contributed by atoms with E-state index in [0.29, 0.717) is 17.9 Å². The van der Waals surface area contributed by atoms with Crippen LogP contribution in [-0.4, -0.2) is 18.6 Å². The van der Waals surface area contributed by atoms with Gasteiger partial charge in [0.2, 0.25) is 0 Å². The molecular formula is C21H20N2O3. The third-order valence-corrected chi connectivity index (χ3v) is 4.60. The molecule has 2 aromatic heterocycles. The van der Waals surface area contributed by atoms with E-state index in [1.807, 2.05) is 18.2 Å². The number of hydrogen-bond acceptors (Lipinski definition) is 4. The van der Waals surface area contributed by atoms with Crippen LogP contribution in [0.3, 0.4) is 0 Å². The van der Waals surface area contributed by atoms with Gasteiger partial charge in [-0.25, -0.2) is 4.79 Å². The van der Waals surface area contributed by atoms with E-state index in [0.717, 1.165) is 29.4 Å². The average molecular weight is 348 g/mol. The van der Waals surface area contributed by atoms with Gasteiger partial charge in [0.25, 0.3) is 0 Å². The van der Waals surface area contributed by atoms with Gasteiger partial charge >= 0.3 is 5.63 Å². The summed E-state index contributed by atoms with van der Waals surface area (Å²) in [5.41, 5.74) is 3.57. The van der Waals surface area contributed by atoms with Gasteiger partial charge in [-0.2, -0.15) is 0 Å². The molecule has 26 heavy (non-hydrogen) atoms. The van der Waals surface area contributed by atoms with Crippen LogP contribution >= 0.6 is 0 Å². The second-order valence-electron chi connectivity index (χ2n) is 6.24. The predicted molar refractivity (Wildman–Crippen MR) is 103 cm³/mol. The zero-order valence-corrected chi connectivity index (χ0v) is 14.5. The Morgan fingerprint density at radius 3 is 2.85 bits per heavy atom. The van der Waals surface area contributed by atoms with E-state index in [-0.39, 0.29) is 5.63 Å². The Balaban J connectivity index is 1.47. The van der Waals surface area contributed by atoms with Gasteiger partial charge in [0.1, 0.15) is 11.3 Å². The molecule has 0 amide bonds. The molecular weight excluding hydrogens is 328 g/mol. The fourth-order valence-electron chi connectivity index (χ4n) is 3.27. The van der Waals surface area contributed by atoms with Crippen molar-refractivity contribution in [3.8, 4) is 5.75 Å². The highest BCUT2D eigenvalue weighted by Crippen LogP contribution is 2.22. The van der Waals surface area contributed by atoms with E-state index in [1.54, 1.807) is 19.2 Å². The first-order valence-electron chi connectivity index (χ1n) is 8.61. The van der Waals surface area contributed by atoms with Crippen LogP contribution in [0.2, 0.25) is 0 Å². The molecule has 2 heterocycles. The molecule has 0 atom stereocenters. The number of ether oxygens (including phenoxy) is 1. The lowest BCUT2D eigenvalue weighted by Gasteiger charge is -2.08. The molecule has 0 aliphatic carbocycles. The molecule has 5 heteroatoms. The molecule has 0 spiro atoms. The molecule has 4 aromatic rings. The van der Waals surface area contributed by atoms with Crippen molar-refractivity contribution in [3.63, 3.8) is 0 Å². The minimum atomic E-state index is -0.348. The molecule has 2 N–H and O–H groups in total. The SMILES string of the molecule is COc1ccc2c(CNCCc3c[nH]c4ccccc34)cc(=O)oc2c1. The minimum Gasteiger partial charge on any atom is -0.497 e. The van der Waals surface area contributed by atoms with Gasteiger partial charge in [-0.15, -0.1) is 0 Å². The zero-order chi connectivity index (χ0) is 17.9. The Bertz CT molecular complexity index is 1110. The van der Waals surface area contributed by atoms with Crippen molar-refractivity contribution in [1.82, 2.24) is 10.3 Å². The highest BCUT2D eigenvalue weighted by molar-refractivity contribution is 5.83. The first kappa shape index (κ1) is 16.4. The number of benzene rings is 2. The summed E-state index contributed by atoms with van der Waals surface area (Å²) in [6.07, 6.45) is 2.97. The monoisotopic (exact) mass is 348 g/mol. The van der Waals surface area contributed by atoms with E-state index < -0.39 is 0 Å². The molecule has 0 aliphatic heterocycles. The molecule has 0 fully saturated rings. The first-order chi connectivity index (χ1) is 12.7. The van der Waals surface area contributed by atoms with Crippen molar-refractivity contribution < 1.29 is 9.15 Å². The lowest BCUT2D eigenvalue weighted by Crippen LogP contribution is -2.18. The largest absolute Gasteiger partial charge is 0.497 e. The van der Waals surface area contributed by atoms with Gasteiger partial charge in [0, 0.05) is 41.2 Å². The number of H-pyrrole nitrogens is 1. The summed E-state index contributed by atoms with van der Waals surface area (Å²) >= 11 is 0. The van der Waals surface area contributed by atoms with Gasteiger partial charge in [0.15, 0.2) is 0 Å². The van der Waals surface area contributed by atoms with Crippen molar-refractivity contribution in [1.29, 1.82) is 0 Å². The van der Waals surface area contributed by atoms with Gasteiger partial charge in [-0.1, -0.05) is 18.2 Å². The molecule has 0 saturated heterocycles. The summed E-state index contributed by atoms with van der Waals surface area (Å²) in [6, 6.07) is 15.4. The maximum atomic E-state index is 11.8.